The van der Waals surface area contributed by atoms with E-state index in [1.54, 1.807) is 11.0 Å². The lowest BCUT2D eigenvalue weighted by Crippen LogP contribution is -2.50. The number of amides is 2. The van der Waals surface area contributed by atoms with E-state index < -0.39 is 0 Å². The highest BCUT2D eigenvalue weighted by molar-refractivity contribution is 5.75. The van der Waals surface area contributed by atoms with Gasteiger partial charge in [0.05, 0.1) is 25.2 Å². The summed E-state index contributed by atoms with van der Waals surface area (Å²) in [4.78, 5) is 14.6. The second-order valence-electron chi connectivity index (χ2n) is 7.29. The molecule has 1 aromatic carbocycles. The van der Waals surface area contributed by atoms with Crippen LogP contribution in [0.3, 0.4) is 0 Å². The lowest BCUT2D eigenvalue weighted by Gasteiger charge is -2.32. The average molecular weight is 363 g/mol. The number of benzene rings is 1. The average Bonchev–Trinajstić information content (AvgIpc) is 3.00. The number of halogens is 1. The molecular weight excluding hydrogens is 337 g/mol. The first-order valence-electron chi connectivity index (χ1n) is 9.50. The monoisotopic (exact) mass is 363 g/mol. The molecule has 26 heavy (non-hydrogen) atoms. The van der Waals surface area contributed by atoms with Crippen LogP contribution in [0.2, 0.25) is 0 Å². The molecule has 0 aliphatic carbocycles. The van der Waals surface area contributed by atoms with Gasteiger partial charge in [0, 0.05) is 18.2 Å². The van der Waals surface area contributed by atoms with E-state index in [2.05, 4.69) is 10.6 Å². The van der Waals surface area contributed by atoms with E-state index >= 15 is 0 Å². The molecule has 4 rings (SSSR count). The molecule has 3 aliphatic heterocycles. The number of nitrogens with zero attached hydrogens (tertiary/aromatic N) is 1. The molecule has 6 nitrogen and oxygen atoms in total. The van der Waals surface area contributed by atoms with Crippen molar-refractivity contribution < 1.29 is 18.7 Å². The molecule has 1 aromatic rings. The molecule has 2 saturated heterocycles. The van der Waals surface area contributed by atoms with E-state index in [9.17, 15) is 9.18 Å². The summed E-state index contributed by atoms with van der Waals surface area (Å²) in [5.74, 6) is 0.701. The molecule has 3 heterocycles. The van der Waals surface area contributed by atoms with Crippen molar-refractivity contribution in [1.82, 2.24) is 15.5 Å². The Morgan fingerprint density at radius 2 is 2.08 bits per heavy atom. The van der Waals surface area contributed by atoms with Crippen molar-refractivity contribution in [2.75, 3.05) is 32.8 Å². The van der Waals surface area contributed by atoms with Crippen molar-refractivity contribution in [3.8, 4) is 5.75 Å². The maximum atomic E-state index is 13.4. The zero-order chi connectivity index (χ0) is 17.9. The van der Waals surface area contributed by atoms with Crippen LogP contribution in [0.1, 0.15) is 24.8 Å². The normalized spacial score (nSPS) is 26.7. The molecule has 0 radical (unpaired) electrons. The Hall–Kier alpha value is -1.86. The van der Waals surface area contributed by atoms with E-state index in [4.69, 9.17) is 9.47 Å². The first-order chi connectivity index (χ1) is 12.7. The molecule has 0 spiro atoms. The fraction of sp³-hybridized carbons (Fsp3) is 0.632. The van der Waals surface area contributed by atoms with Crippen molar-refractivity contribution >= 4 is 6.03 Å². The number of ether oxygens (including phenoxy) is 2. The zero-order valence-corrected chi connectivity index (χ0v) is 14.9. The summed E-state index contributed by atoms with van der Waals surface area (Å²) in [5.41, 5.74) is 0.830. The zero-order valence-electron chi connectivity index (χ0n) is 14.9. The number of carbonyl (C=O) groups excluding carboxylic acids is 1. The number of nitrogens with one attached hydrogen (secondary N) is 2. The fourth-order valence-corrected chi connectivity index (χ4v) is 4.17. The highest BCUT2D eigenvalue weighted by atomic mass is 19.1. The number of hydrogen-bond donors (Lipinski definition) is 2. The number of piperidine rings is 1. The Kier molecular flexibility index (Phi) is 5.26. The summed E-state index contributed by atoms with van der Waals surface area (Å²) in [7, 11) is 0. The molecule has 2 amide bonds. The Balaban J connectivity index is 1.40. The van der Waals surface area contributed by atoms with Crippen molar-refractivity contribution in [2.24, 2.45) is 5.92 Å². The van der Waals surface area contributed by atoms with Gasteiger partial charge in [-0.2, -0.15) is 0 Å². The Labute approximate surface area is 153 Å². The van der Waals surface area contributed by atoms with Gasteiger partial charge in [-0.25, -0.2) is 9.18 Å². The molecule has 7 heteroatoms. The molecule has 0 bridgehead atoms. The molecule has 0 aromatic heterocycles. The Bertz CT molecular complexity index is 651. The van der Waals surface area contributed by atoms with E-state index in [-0.39, 0.29) is 24.0 Å². The molecule has 142 valence electrons. The second-order valence-corrected chi connectivity index (χ2v) is 7.29. The van der Waals surface area contributed by atoms with E-state index in [1.165, 1.54) is 12.1 Å². The smallest absolute Gasteiger partial charge is 0.318 e. The summed E-state index contributed by atoms with van der Waals surface area (Å²) >= 11 is 0. The lowest BCUT2D eigenvalue weighted by atomic mass is 9.88. The predicted octanol–water partition coefficient (Wildman–Crippen LogP) is 1.89. The van der Waals surface area contributed by atoms with Crippen LogP contribution in [0.4, 0.5) is 9.18 Å². The van der Waals surface area contributed by atoms with Crippen LogP contribution in [-0.4, -0.2) is 55.9 Å². The highest BCUT2D eigenvalue weighted by Gasteiger charge is 2.37. The maximum absolute atomic E-state index is 13.4. The summed E-state index contributed by atoms with van der Waals surface area (Å²) in [5, 5.41) is 6.55. The maximum Gasteiger partial charge on any atom is 0.318 e. The van der Waals surface area contributed by atoms with Crippen LogP contribution in [0.15, 0.2) is 18.2 Å². The Morgan fingerprint density at radius 1 is 1.23 bits per heavy atom. The van der Waals surface area contributed by atoms with Crippen molar-refractivity contribution in [2.45, 2.75) is 38.0 Å². The summed E-state index contributed by atoms with van der Waals surface area (Å²) in [6.07, 6.45) is 3.14. The minimum atomic E-state index is -0.324. The molecule has 0 unspecified atom stereocenters. The van der Waals surface area contributed by atoms with Crippen LogP contribution in [0.5, 0.6) is 5.75 Å². The standard InChI is InChI=1S/C19H26FN3O3/c20-15-2-1-14-12-23(8-10-25-17(14)11-15)19(24)22-16-5-9-26-18(16)13-3-6-21-7-4-13/h1-2,11,13,16,18,21H,3-10,12H2,(H,22,24)/t16-,18+/m1/s1. The van der Waals surface area contributed by atoms with Crippen molar-refractivity contribution in [1.29, 1.82) is 0 Å². The van der Waals surface area contributed by atoms with Gasteiger partial charge >= 0.3 is 6.03 Å². The van der Waals surface area contributed by atoms with Gasteiger partial charge in [-0.3, -0.25) is 0 Å². The quantitative estimate of drug-likeness (QED) is 0.842. The van der Waals surface area contributed by atoms with Gasteiger partial charge in [0.15, 0.2) is 0 Å². The highest BCUT2D eigenvalue weighted by Crippen LogP contribution is 2.28. The van der Waals surface area contributed by atoms with Gasteiger partial charge in [0.1, 0.15) is 18.2 Å². The molecule has 3 aliphatic rings. The first-order valence-corrected chi connectivity index (χ1v) is 9.50. The van der Waals surface area contributed by atoms with E-state index in [0.29, 0.717) is 38.0 Å². The lowest BCUT2D eigenvalue weighted by molar-refractivity contribution is 0.0385. The fourth-order valence-electron chi connectivity index (χ4n) is 4.17. The van der Waals surface area contributed by atoms with Crippen LogP contribution in [0.25, 0.3) is 0 Å². The molecule has 2 N–H and O–H groups in total. The molecule has 2 fully saturated rings. The van der Waals surface area contributed by atoms with Crippen LogP contribution in [-0.2, 0) is 11.3 Å². The predicted molar refractivity (Wildman–Crippen MR) is 94.6 cm³/mol. The number of urea groups is 1. The minimum absolute atomic E-state index is 0.0578. The molecule has 0 saturated carbocycles. The summed E-state index contributed by atoms with van der Waals surface area (Å²) in [6.45, 7) is 4.00. The third-order valence-corrected chi connectivity index (χ3v) is 5.59. The van der Waals surface area contributed by atoms with Gasteiger partial charge in [-0.1, -0.05) is 6.07 Å². The second kappa shape index (κ2) is 7.80. The number of fused-ring (bicyclic) bond motifs is 1. The summed E-state index contributed by atoms with van der Waals surface area (Å²) < 4.78 is 24.9. The van der Waals surface area contributed by atoms with Crippen LogP contribution < -0.4 is 15.4 Å². The third-order valence-electron chi connectivity index (χ3n) is 5.59. The minimum Gasteiger partial charge on any atom is -0.491 e. The van der Waals surface area contributed by atoms with Gasteiger partial charge < -0.3 is 25.0 Å². The topological polar surface area (TPSA) is 62.8 Å². The van der Waals surface area contributed by atoms with Crippen molar-refractivity contribution in [3.63, 3.8) is 0 Å². The van der Waals surface area contributed by atoms with E-state index in [1.807, 2.05) is 0 Å². The van der Waals surface area contributed by atoms with Gasteiger partial charge in [0.2, 0.25) is 0 Å². The number of hydrogen-bond acceptors (Lipinski definition) is 4. The first kappa shape index (κ1) is 17.5. The van der Waals surface area contributed by atoms with Crippen LogP contribution in [0, 0.1) is 11.7 Å². The van der Waals surface area contributed by atoms with Crippen LogP contribution >= 0.6 is 0 Å². The van der Waals surface area contributed by atoms with Gasteiger partial charge in [-0.05, 0) is 44.3 Å². The van der Waals surface area contributed by atoms with Gasteiger partial charge in [0.25, 0.3) is 0 Å². The Morgan fingerprint density at radius 3 is 2.92 bits per heavy atom. The van der Waals surface area contributed by atoms with E-state index in [0.717, 1.165) is 37.9 Å². The number of carbonyl (C=O) groups is 1. The van der Waals surface area contributed by atoms with Crippen molar-refractivity contribution in [3.05, 3.63) is 29.6 Å². The molecular formula is C19H26FN3O3. The summed E-state index contributed by atoms with van der Waals surface area (Å²) in [6, 6.07) is 4.44. The van der Waals surface area contributed by atoms with Gasteiger partial charge in [-0.15, -0.1) is 0 Å². The molecule has 2 atom stereocenters. The third kappa shape index (κ3) is 3.78. The SMILES string of the molecule is O=C(N[C@@H]1CCO[C@H]1C1CCNCC1)N1CCOc2cc(F)ccc2C1. The largest absolute Gasteiger partial charge is 0.491 e. The number of rotatable bonds is 2.